The molecule has 1 aliphatic heterocycles. The minimum absolute atomic E-state index is 0.0334. The van der Waals surface area contributed by atoms with Gasteiger partial charge < -0.3 is 9.47 Å². The van der Waals surface area contributed by atoms with Crippen molar-refractivity contribution in [2.45, 2.75) is 24.4 Å². The average molecular weight is 246 g/mol. The van der Waals surface area contributed by atoms with Crippen molar-refractivity contribution in [3.63, 3.8) is 0 Å². The smallest absolute Gasteiger partial charge is 0.382 e. The molecule has 0 radical (unpaired) electrons. The normalized spacial score (nSPS) is 28.6. The lowest BCUT2D eigenvalue weighted by molar-refractivity contribution is -0.261. The summed E-state index contributed by atoms with van der Waals surface area (Å²) >= 11 is 0. The largest absolute Gasteiger partial charge is 0.384 e. The van der Waals surface area contributed by atoms with Crippen LogP contribution in [0.15, 0.2) is 0 Å². The van der Waals surface area contributed by atoms with Crippen molar-refractivity contribution in [1.82, 2.24) is 10.6 Å². The lowest BCUT2D eigenvalue weighted by atomic mass is 10.2. The number of nitriles is 2. The van der Waals surface area contributed by atoms with Crippen LogP contribution in [-0.2, 0) is 9.47 Å². The Hall–Kier alpha value is -1.32. The summed E-state index contributed by atoms with van der Waals surface area (Å²) in [6, 6.07) is 1.48. The fourth-order valence-corrected chi connectivity index (χ4v) is 1.36. The van der Waals surface area contributed by atoms with Crippen molar-refractivity contribution in [2.75, 3.05) is 20.3 Å². The van der Waals surface area contributed by atoms with Gasteiger partial charge in [0, 0.05) is 7.11 Å². The second-order valence-electron chi connectivity index (χ2n) is 3.38. The van der Waals surface area contributed by atoms with E-state index in [1.165, 1.54) is 7.11 Å². The van der Waals surface area contributed by atoms with E-state index in [9.17, 15) is 8.78 Å². The molecular weight excluding hydrogens is 234 g/mol. The first-order chi connectivity index (χ1) is 8.05. The van der Waals surface area contributed by atoms with Crippen molar-refractivity contribution in [3.05, 3.63) is 0 Å². The average Bonchev–Trinajstić information content (AvgIpc) is 2.73. The zero-order valence-electron chi connectivity index (χ0n) is 9.11. The van der Waals surface area contributed by atoms with Gasteiger partial charge in [-0.3, -0.25) is 10.6 Å². The zero-order chi connectivity index (χ0) is 12.9. The number of halogens is 2. The summed E-state index contributed by atoms with van der Waals surface area (Å²) < 4.78 is 35.8. The molecule has 8 heteroatoms. The van der Waals surface area contributed by atoms with E-state index < -0.39 is 24.4 Å². The molecular formula is C9H12F2N4O2. The maximum Gasteiger partial charge on any atom is 0.384 e. The Kier molecular flexibility index (Phi) is 4.73. The molecule has 0 amide bonds. The predicted octanol–water partition coefficient (Wildman–Crippen LogP) is -0.455. The van der Waals surface area contributed by atoms with E-state index >= 15 is 0 Å². The molecule has 1 aliphatic rings. The van der Waals surface area contributed by atoms with Gasteiger partial charge in [0.2, 0.25) is 0 Å². The SMILES string of the molecule is COCCOC(F)(F)C1NC(C#N)C(C#N)N1. The van der Waals surface area contributed by atoms with Crippen LogP contribution in [0.3, 0.4) is 0 Å². The Balaban J connectivity index is 2.56. The Labute approximate surface area is 97.1 Å². The number of nitrogens with one attached hydrogen (secondary N) is 2. The third kappa shape index (κ3) is 3.32. The summed E-state index contributed by atoms with van der Waals surface area (Å²) in [6.07, 6.45) is -5.08. The van der Waals surface area contributed by atoms with E-state index in [1.807, 2.05) is 0 Å². The van der Waals surface area contributed by atoms with E-state index in [0.717, 1.165) is 0 Å². The van der Waals surface area contributed by atoms with Gasteiger partial charge in [-0.05, 0) is 0 Å². The van der Waals surface area contributed by atoms with E-state index in [2.05, 4.69) is 20.1 Å². The van der Waals surface area contributed by atoms with Crippen LogP contribution in [0.1, 0.15) is 0 Å². The van der Waals surface area contributed by atoms with Crippen molar-refractivity contribution in [2.24, 2.45) is 0 Å². The standard InChI is InChI=1S/C9H12F2N4O2/c1-16-2-3-17-9(10,11)8-14-6(4-12)7(5-13)15-8/h6-8,14-15H,2-3H2,1H3. The maximum absolute atomic E-state index is 13.4. The number of methoxy groups -OCH3 is 1. The molecule has 0 aromatic carbocycles. The van der Waals surface area contributed by atoms with Gasteiger partial charge in [0.15, 0.2) is 6.17 Å². The topological polar surface area (TPSA) is 90.1 Å². The summed E-state index contributed by atoms with van der Waals surface area (Å²) in [5.74, 6) is 0. The summed E-state index contributed by atoms with van der Waals surface area (Å²) in [7, 11) is 1.37. The summed E-state index contributed by atoms with van der Waals surface area (Å²) in [5.41, 5.74) is 0. The predicted molar refractivity (Wildman–Crippen MR) is 51.6 cm³/mol. The van der Waals surface area contributed by atoms with Gasteiger partial charge in [0.05, 0.1) is 25.4 Å². The van der Waals surface area contributed by atoms with E-state index in [-0.39, 0.29) is 13.2 Å². The van der Waals surface area contributed by atoms with E-state index in [1.54, 1.807) is 12.1 Å². The Morgan fingerprint density at radius 2 is 1.71 bits per heavy atom. The third-order valence-corrected chi connectivity index (χ3v) is 2.22. The number of alkyl halides is 2. The minimum atomic E-state index is -3.51. The first-order valence-corrected chi connectivity index (χ1v) is 4.87. The van der Waals surface area contributed by atoms with Gasteiger partial charge in [0.25, 0.3) is 0 Å². The van der Waals surface area contributed by atoms with Gasteiger partial charge in [0.1, 0.15) is 12.1 Å². The summed E-state index contributed by atoms with van der Waals surface area (Å²) in [5, 5.41) is 21.9. The molecule has 0 bridgehead atoms. The highest BCUT2D eigenvalue weighted by Gasteiger charge is 2.48. The highest BCUT2D eigenvalue weighted by Crippen LogP contribution is 2.23. The van der Waals surface area contributed by atoms with E-state index in [4.69, 9.17) is 10.5 Å². The molecule has 0 aliphatic carbocycles. The number of hydrogen-bond donors (Lipinski definition) is 2. The number of hydrogen-bond acceptors (Lipinski definition) is 6. The molecule has 0 aromatic heterocycles. The molecule has 17 heavy (non-hydrogen) atoms. The Morgan fingerprint density at radius 3 is 2.12 bits per heavy atom. The molecule has 0 aromatic rings. The van der Waals surface area contributed by atoms with Crippen LogP contribution in [0.4, 0.5) is 8.78 Å². The van der Waals surface area contributed by atoms with Crippen LogP contribution in [-0.4, -0.2) is 44.7 Å². The van der Waals surface area contributed by atoms with Crippen LogP contribution < -0.4 is 10.6 Å². The molecule has 0 spiro atoms. The van der Waals surface area contributed by atoms with Crippen LogP contribution >= 0.6 is 0 Å². The molecule has 1 heterocycles. The molecule has 2 atom stereocenters. The van der Waals surface area contributed by atoms with E-state index in [0.29, 0.717) is 0 Å². The van der Waals surface area contributed by atoms with Crippen LogP contribution in [0, 0.1) is 22.7 Å². The second-order valence-corrected chi connectivity index (χ2v) is 3.38. The summed E-state index contributed by atoms with van der Waals surface area (Å²) in [4.78, 5) is 0. The van der Waals surface area contributed by atoms with Gasteiger partial charge in [-0.1, -0.05) is 0 Å². The Bertz CT molecular complexity index is 317. The van der Waals surface area contributed by atoms with Crippen LogP contribution in [0.25, 0.3) is 0 Å². The van der Waals surface area contributed by atoms with Crippen molar-refractivity contribution < 1.29 is 18.3 Å². The van der Waals surface area contributed by atoms with Crippen LogP contribution in [0.2, 0.25) is 0 Å². The minimum Gasteiger partial charge on any atom is -0.382 e. The first-order valence-electron chi connectivity index (χ1n) is 4.87. The number of rotatable bonds is 5. The van der Waals surface area contributed by atoms with Gasteiger partial charge in [-0.25, -0.2) is 0 Å². The van der Waals surface area contributed by atoms with Gasteiger partial charge in [-0.2, -0.15) is 19.3 Å². The molecule has 2 unspecified atom stereocenters. The monoisotopic (exact) mass is 246 g/mol. The second kappa shape index (κ2) is 5.84. The Morgan fingerprint density at radius 1 is 1.18 bits per heavy atom. The molecule has 2 N–H and O–H groups in total. The first kappa shape index (κ1) is 13.7. The highest BCUT2D eigenvalue weighted by atomic mass is 19.3. The van der Waals surface area contributed by atoms with Gasteiger partial charge in [-0.15, -0.1) is 0 Å². The fourth-order valence-electron chi connectivity index (χ4n) is 1.36. The molecule has 1 saturated heterocycles. The number of ether oxygens (including phenoxy) is 2. The quantitative estimate of drug-likeness (QED) is 0.638. The third-order valence-electron chi connectivity index (χ3n) is 2.22. The molecule has 94 valence electrons. The zero-order valence-corrected chi connectivity index (χ0v) is 9.11. The van der Waals surface area contributed by atoms with Gasteiger partial charge >= 0.3 is 6.11 Å². The molecule has 1 rings (SSSR count). The van der Waals surface area contributed by atoms with Crippen LogP contribution in [0.5, 0.6) is 0 Å². The molecule has 0 saturated carbocycles. The number of nitrogens with zero attached hydrogens (tertiary/aromatic N) is 2. The van der Waals surface area contributed by atoms with Crippen molar-refractivity contribution in [1.29, 1.82) is 10.5 Å². The molecule has 6 nitrogen and oxygen atoms in total. The fraction of sp³-hybridized carbons (Fsp3) is 0.778. The summed E-state index contributed by atoms with van der Waals surface area (Å²) in [6.45, 7) is -0.247. The lowest BCUT2D eigenvalue weighted by Crippen LogP contribution is -2.51. The van der Waals surface area contributed by atoms with Crippen molar-refractivity contribution >= 4 is 0 Å². The highest BCUT2D eigenvalue weighted by molar-refractivity contribution is 5.14. The maximum atomic E-state index is 13.4. The lowest BCUT2D eigenvalue weighted by Gasteiger charge is -2.23. The van der Waals surface area contributed by atoms with Crippen molar-refractivity contribution in [3.8, 4) is 12.1 Å². The molecule has 1 fully saturated rings.